The molecule has 0 atom stereocenters. The van der Waals surface area contributed by atoms with Crippen LogP contribution in [-0.4, -0.2) is 36.1 Å². The molecular weight excluding hydrogens is 225 g/mol. The van der Waals surface area contributed by atoms with Crippen LogP contribution >= 0.6 is 19.4 Å². The smallest absolute Gasteiger partial charge is 0.116 e. The zero-order chi connectivity index (χ0) is 11.6. The molecule has 4 heteroatoms. The van der Waals surface area contributed by atoms with Crippen molar-refractivity contribution in [3.63, 3.8) is 0 Å². The quantitative estimate of drug-likeness (QED) is 0.550. The summed E-state index contributed by atoms with van der Waals surface area (Å²) in [5.41, 5.74) is 0. The highest BCUT2D eigenvalue weighted by atomic mass is 32.4. The monoisotopic (exact) mass is 249 g/mol. The SMILES string of the molecule is CN(C)C(=PC(C)(C)C)S[Si](C)(C)C. The van der Waals surface area contributed by atoms with E-state index in [1.807, 2.05) is 0 Å². The second-order valence-corrected chi connectivity index (χ2v) is 17.1. The lowest BCUT2D eigenvalue weighted by Crippen LogP contribution is -2.26. The maximum atomic E-state index is 2.40. The lowest BCUT2D eigenvalue weighted by molar-refractivity contribution is 0.646. The molecule has 0 radical (unpaired) electrons. The third-order valence-corrected chi connectivity index (χ3v) is 7.11. The molecule has 0 N–H and O–H groups in total. The molecule has 1 nitrogen and oxygen atoms in total. The molecule has 0 aromatic heterocycles. The zero-order valence-corrected chi connectivity index (χ0v) is 13.5. The summed E-state index contributed by atoms with van der Waals surface area (Å²) in [6, 6.07) is 0. The van der Waals surface area contributed by atoms with Gasteiger partial charge >= 0.3 is 0 Å². The molecule has 0 aliphatic carbocycles. The molecule has 0 saturated carbocycles. The highest BCUT2D eigenvalue weighted by molar-refractivity contribution is 8.41. The third-order valence-electron chi connectivity index (χ3n) is 1.21. The van der Waals surface area contributed by atoms with Crippen LogP contribution < -0.4 is 0 Å². The van der Waals surface area contributed by atoms with E-state index >= 15 is 0 Å². The van der Waals surface area contributed by atoms with Crippen molar-refractivity contribution in [2.24, 2.45) is 0 Å². The fourth-order valence-electron chi connectivity index (χ4n) is 0.775. The normalized spacial score (nSPS) is 15.1. The highest BCUT2D eigenvalue weighted by Crippen LogP contribution is 2.32. The second kappa shape index (κ2) is 5.15. The van der Waals surface area contributed by atoms with Crippen LogP contribution in [0.2, 0.25) is 19.6 Å². The number of hydrogen-bond acceptors (Lipinski definition) is 1. The fourth-order valence-corrected chi connectivity index (χ4v) is 8.35. The minimum absolute atomic E-state index is 0.367. The Morgan fingerprint density at radius 1 is 1.14 bits per heavy atom. The van der Waals surface area contributed by atoms with E-state index in [2.05, 4.69) is 70.6 Å². The molecule has 14 heavy (non-hydrogen) atoms. The van der Waals surface area contributed by atoms with Gasteiger partial charge in [-0.25, -0.2) is 0 Å². The van der Waals surface area contributed by atoms with Gasteiger partial charge in [0.05, 0.1) is 4.75 Å². The van der Waals surface area contributed by atoms with Gasteiger partial charge in [-0.3, -0.25) is 4.90 Å². The van der Waals surface area contributed by atoms with Crippen molar-refractivity contribution in [2.75, 3.05) is 14.1 Å². The predicted molar refractivity (Wildman–Crippen MR) is 76.3 cm³/mol. The van der Waals surface area contributed by atoms with Gasteiger partial charge in [0.25, 0.3) is 0 Å². The average Bonchev–Trinajstić information content (AvgIpc) is 1.78. The van der Waals surface area contributed by atoms with E-state index in [9.17, 15) is 0 Å². The van der Waals surface area contributed by atoms with E-state index in [0.29, 0.717) is 5.16 Å². The summed E-state index contributed by atoms with van der Waals surface area (Å²) >= 11 is 2.11. The van der Waals surface area contributed by atoms with Gasteiger partial charge in [0.15, 0.2) is 0 Å². The maximum absolute atomic E-state index is 2.40. The molecule has 0 rings (SSSR count). The van der Waals surface area contributed by atoms with Gasteiger partial charge in [-0.1, -0.05) is 48.6 Å². The Hall–Kier alpha value is 0.697. The predicted octanol–water partition coefficient (Wildman–Crippen LogP) is 3.95. The van der Waals surface area contributed by atoms with Crippen LogP contribution in [0.15, 0.2) is 0 Å². The summed E-state index contributed by atoms with van der Waals surface area (Å²) in [6.07, 6.45) is 0. The van der Waals surface area contributed by atoms with Crippen LogP contribution in [0.3, 0.4) is 0 Å². The van der Waals surface area contributed by atoms with E-state index in [4.69, 9.17) is 0 Å². The van der Waals surface area contributed by atoms with E-state index in [1.54, 1.807) is 0 Å². The number of hydrogen-bond donors (Lipinski definition) is 0. The molecule has 84 valence electrons. The molecule has 0 aliphatic heterocycles. The van der Waals surface area contributed by atoms with Crippen LogP contribution in [0.5, 0.6) is 0 Å². The number of rotatable bonds is 3. The van der Waals surface area contributed by atoms with Gasteiger partial charge in [0.2, 0.25) is 0 Å². The van der Waals surface area contributed by atoms with Crippen molar-refractivity contribution in [3.8, 4) is 0 Å². The van der Waals surface area contributed by atoms with Crippen molar-refractivity contribution < 1.29 is 0 Å². The van der Waals surface area contributed by atoms with Crippen molar-refractivity contribution in [1.82, 2.24) is 4.90 Å². The van der Waals surface area contributed by atoms with Crippen LogP contribution in [-0.2, 0) is 0 Å². The van der Waals surface area contributed by atoms with Gasteiger partial charge in [-0.2, -0.15) is 0 Å². The molecule has 0 aromatic carbocycles. The van der Waals surface area contributed by atoms with Crippen LogP contribution in [0, 0.1) is 0 Å². The van der Waals surface area contributed by atoms with Gasteiger partial charge in [-0.15, -0.1) is 11.2 Å². The Labute approximate surface area is 96.1 Å². The topological polar surface area (TPSA) is 3.24 Å². The molecule has 0 amide bonds. The first-order valence-corrected chi connectivity index (χ1v) is 10.9. The summed E-state index contributed by atoms with van der Waals surface area (Å²) < 4.78 is 1.51. The lowest BCUT2D eigenvalue weighted by atomic mass is 10.3. The standard InChI is InChI=1S/C10H24NPSSi/c1-10(2,3)12-9(11(4)5)13-14(6,7)8/h1-8H3. The highest BCUT2D eigenvalue weighted by Gasteiger charge is 2.20. The molecule has 0 aliphatic rings. The molecule has 0 heterocycles. The molecule has 0 aromatic rings. The van der Waals surface area contributed by atoms with E-state index in [-0.39, 0.29) is 0 Å². The van der Waals surface area contributed by atoms with Gasteiger partial charge in [0, 0.05) is 5.16 Å². The lowest BCUT2D eigenvalue weighted by Gasteiger charge is -2.24. The molecule has 0 fully saturated rings. The van der Waals surface area contributed by atoms with Gasteiger partial charge in [0.1, 0.15) is 7.22 Å². The Morgan fingerprint density at radius 2 is 1.57 bits per heavy atom. The third kappa shape index (κ3) is 8.04. The molecular formula is C10H24NPSSi. The Morgan fingerprint density at radius 3 is 1.79 bits per heavy atom. The first-order chi connectivity index (χ1) is 6.01. The minimum Gasteiger partial charge on any atom is -0.273 e. The fraction of sp³-hybridized carbons (Fsp3) is 0.900. The van der Waals surface area contributed by atoms with E-state index in [1.165, 1.54) is 13.0 Å². The Kier molecular flexibility index (Phi) is 5.41. The first-order valence-electron chi connectivity index (χ1n) is 4.97. The molecule has 0 unspecified atom stereocenters. The molecule has 0 bridgehead atoms. The van der Waals surface area contributed by atoms with Crippen LogP contribution in [0.25, 0.3) is 0 Å². The minimum atomic E-state index is -1.05. The van der Waals surface area contributed by atoms with Gasteiger partial charge < -0.3 is 0 Å². The zero-order valence-electron chi connectivity index (χ0n) is 10.8. The first kappa shape index (κ1) is 14.7. The van der Waals surface area contributed by atoms with Crippen molar-refractivity contribution in [2.45, 2.75) is 45.6 Å². The summed E-state index contributed by atoms with van der Waals surface area (Å²) in [6.45, 7) is 14.1. The van der Waals surface area contributed by atoms with E-state index in [0.717, 1.165) is 0 Å². The average molecular weight is 249 g/mol. The number of nitrogens with zero attached hydrogens (tertiary/aromatic N) is 1. The summed E-state index contributed by atoms with van der Waals surface area (Å²) in [5, 5.41) is 0.367. The summed E-state index contributed by atoms with van der Waals surface area (Å²) in [5.74, 6) is 0. The summed E-state index contributed by atoms with van der Waals surface area (Å²) in [7, 11) is 4.71. The van der Waals surface area contributed by atoms with Crippen molar-refractivity contribution in [3.05, 3.63) is 0 Å². The van der Waals surface area contributed by atoms with Crippen LogP contribution in [0.1, 0.15) is 20.8 Å². The van der Waals surface area contributed by atoms with E-state index < -0.39 is 7.22 Å². The van der Waals surface area contributed by atoms with Gasteiger partial charge in [-0.05, 0) is 14.1 Å². The molecule has 0 spiro atoms. The second-order valence-electron chi connectivity index (χ2n) is 5.67. The Balaban J connectivity index is 4.71. The van der Waals surface area contributed by atoms with Crippen molar-refractivity contribution >= 4 is 31.4 Å². The van der Waals surface area contributed by atoms with Crippen LogP contribution in [0.4, 0.5) is 0 Å². The maximum Gasteiger partial charge on any atom is 0.116 e. The summed E-state index contributed by atoms with van der Waals surface area (Å²) in [4.78, 5) is 2.27. The largest absolute Gasteiger partial charge is 0.273 e. The van der Waals surface area contributed by atoms with Crippen molar-refractivity contribution in [1.29, 1.82) is 0 Å². The molecule has 0 saturated heterocycles. The Bertz CT molecular complexity index is 213.